The van der Waals surface area contributed by atoms with Crippen LogP contribution in [0.25, 0.3) is 0 Å². The van der Waals surface area contributed by atoms with Crippen molar-refractivity contribution >= 4 is 27.4 Å². The lowest BCUT2D eigenvalue weighted by atomic mass is 9.96. The molecule has 1 aromatic heterocycles. The van der Waals surface area contributed by atoms with E-state index >= 15 is 0 Å². The van der Waals surface area contributed by atoms with E-state index in [4.69, 9.17) is 5.26 Å². The number of hydrogen-bond acceptors (Lipinski definition) is 6. The van der Waals surface area contributed by atoms with Gasteiger partial charge in [0.15, 0.2) is 0 Å². The van der Waals surface area contributed by atoms with Gasteiger partial charge < -0.3 is 0 Å². The van der Waals surface area contributed by atoms with Crippen molar-refractivity contribution < 1.29 is 13.2 Å². The van der Waals surface area contributed by atoms with E-state index in [-0.39, 0.29) is 16.2 Å². The summed E-state index contributed by atoms with van der Waals surface area (Å²) in [6, 6.07) is 4.72. The first-order chi connectivity index (χ1) is 9.48. The van der Waals surface area contributed by atoms with Gasteiger partial charge in [0, 0.05) is 13.1 Å². The summed E-state index contributed by atoms with van der Waals surface area (Å²) in [7, 11) is -3.56. The standard InChI is InChI=1S/C12H13N3O3S2/c1-9-7-15(5-4-11(9)14-8-16)20(17,18)12-3-2-10(6-13)19-12/h2-3,9,11H,4-5,7H2,1H3. The van der Waals surface area contributed by atoms with E-state index in [1.165, 1.54) is 22.5 Å². The average molecular weight is 311 g/mol. The largest absolute Gasteiger partial charge is 0.252 e. The van der Waals surface area contributed by atoms with Crippen LogP contribution in [-0.4, -0.2) is 37.9 Å². The Hall–Kier alpha value is -1.52. The van der Waals surface area contributed by atoms with Crippen LogP contribution in [0.1, 0.15) is 18.2 Å². The van der Waals surface area contributed by atoms with Crippen molar-refractivity contribution in [2.24, 2.45) is 10.9 Å². The Morgan fingerprint density at radius 3 is 2.80 bits per heavy atom. The summed E-state index contributed by atoms with van der Waals surface area (Å²) in [6.45, 7) is 2.50. The first-order valence-electron chi connectivity index (χ1n) is 6.06. The lowest BCUT2D eigenvalue weighted by Gasteiger charge is -2.33. The minimum atomic E-state index is -3.56. The van der Waals surface area contributed by atoms with Gasteiger partial charge in [-0.2, -0.15) is 9.57 Å². The quantitative estimate of drug-likeness (QED) is 0.622. The fourth-order valence-electron chi connectivity index (χ4n) is 2.22. The third-order valence-corrected chi connectivity index (χ3v) is 6.65. The van der Waals surface area contributed by atoms with Crippen LogP contribution in [0.5, 0.6) is 0 Å². The molecule has 2 unspecified atom stereocenters. The van der Waals surface area contributed by atoms with Crippen LogP contribution in [0.4, 0.5) is 0 Å². The molecule has 2 heterocycles. The highest BCUT2D eigenvalue weighted by atomic mass is 32.2. The van der Waals surface area contributed by atoms with Crippen molar-refractivity contribution in [1.29, 1.82) is 5.26 Å². The summed E-state index contributed by atoms with van der Waals surface area (Å²) in [5.41, 5.74) is 0. The molecule has 6 nitrogen and oxygen atoms in total. The molecular formula is C12H13N3O3S2. The van der Waals surface area contributed by atoms with Gasteiger partial charge in [-0.1, -0.05) is 6.92 Å². The summed E-state index contributed by atoms with van der Waals surface area (Å²) in [6.07, 6.45) is 2.04. The summed E-state index contributed by atoms with van der Waals surface area (Å²) >= 11 is 0.969. The van der Waals surface area contributed by atoms with E-state index in [1.807, 2.05) is 13.0 Å². The first kappa shape index (κ1) is 14.9. The zero-order chi connectivity index (χ0) is 14.8. The van der Waals surface area contributed by atoms with Crippen molar-refractivity contribution in [2.75, 3.05) is 13.1 Å². The second-order valence-electron chi connectivity index (χ2n) is 4.65. The highest BCUT2D eigenvalue weighted by Crippen LogP contribution is 2.29. The average Bonchev–Trinajstić information content (AvgIpc) is 2.90. The molecule has 0 spiro atoms. The molecule has 2 rings (SSSR count). The van der Waals surface area contributed by atoms with E-state index in [2.05, 4.69) is 4.99 Å². The van der Waals surface area contributed by atoms with Gasteiger partial charge in [-0.15, -0.1) is 11.3 Å². The number of aliphatic imine (C=N–C) groups is 1. The van der Waals surface area contributed by atoms with Crippen molar-refractivity contribution in [3.63, 3.8) is 0 Å². The van der Waals surface area contributed by atoms with Crippen molar-refractivity contribution in [1.82, 2.24) is 4.31 Å². The molecule has 20 heavy (non-hydrogen) atoms. The Kier molecular flexibility index (Phi) is 4.35. The molecule has 0 bridgehead atoms. The van der Waals surface area contributed by atoms with E-state index < -0.39 is 10.0 Å². The van der Waals surface area contributed by atoms with Gasteiger partial charge in [0.2, 0.25) is 6.08 Å². The number of carbonyl (C=O) groups excluding carboxylic acids is 1. The Morgan fingerprint density at radius 1 is 1.50 bits per heavy atom. The Morgan fingerprint density at radius 2 is 2.25 bits per heavy atom. The fourth-order valence-corrected chi connectivity index (χ4v) is 5.03. The molecule has 0 aromatic carbocycles. The second kappa shape index (κ2) is 5.85. The molecular weight excluding hydrogens is 298 g/mol. The smallest absolute Gasteiger partial charge is 0.211 e. The molecule has 106 valence electrons. The minimum absolute atomic E-state index is 0.0321. The highest BCUT2D eigenvalue weighted by molar-refractivity contribution is 7.91. The van der Waals surface area contributed by atoms with Crippen LogP contribution < -0.4 is 0 Å². The molecule has 1 saturated heterocycles. The molecule has 1 aliphatic rings. The number of hydrogen-bond donors (Lipinski definition) is 0. The van der Waals surface area contributed by atoms with Crippen LogP contribution in [0.3, 0.4) is 0 Å². The summed E-state index contributed by atoms with van der Waals surface area (Å²) in [4.78, 5) is 14.4. The van der Waals surface area contributed by atoms with E-state index in [9.17, 15) is 13.2 Å². The van der Waals surface area contributed by atoms with Gasteiger partial charge in [0.05, 0.1) is 6.04 Å². The predicted octanol–water partition coefficient (Wildman–Crippen LogP) is 1.35. The third-order valence-electron chi connectivity index (χ3n) is 3.33. The van der Waals surface area contributed by atoms with Crippen molar-refractivity contribution in [3.05, 3.63) is 17.0 Å². The van der Waals surface area contributed by atoms with Crippen LogP contribution in [0.2, 0.25) is 0 Å². The number of thiophene rings is 1. The van der Waals surface area contributed by atoms with E-state index in [0.717, 1.165) is 11.3 Å². The molecule has 0 radical (unpaired) electrons. The number of nitriles is 1. The fraction of sp³-hybridized carbons (Fsp3) is 0.500. The minimum Gasteiger partial charge on any atom is -0.211 e. The number of rotatable bonds is 3. The maximum Gasteiger partial charge on any atom is 0.252 e. The van der Waals surface area contributed by atoms with Gasteiger partial charge >= 0.3 is 0 Å². The molecule has 1 aliphatic heterocycles. The number of sulfonamides is 1. The molecule has 0 N–H and O–H groups in total. The molecule has 0 aliphatic carbocycles. The van der Waals surface area contributed by atoms with Crippen molar-refractivity contribution in [3.8, 4) is 6.07 Å². The van der Waals surface area contributed by atoms with Crippen molar-refractivity contribution in [2.45, 2.75) is 23.6 Å². The predicted molar refractivity (Wildman–Crippen MR) is 73.5 cm³/mol. The lowest BCUT2D eigenvalue weighted by Crippen LogP contribution is -2.44. The number of isocyanates is 1. The Balaban J connectivity index is 2.20. The summed E-state index contributed by atoms with van der Waals surface area (Å²) in [5.74, 6) is -0.0321. The van der Waals surface area contributed by atoms with E-state index in [1.54, 1.807) is 0 Å². The molecule has 1 fully saturated rings. The van der Waals surface area contributed by atoms with Gasteiger partial charge in [-0.25, -0.2) is 18.2 Å². The first-order valence-corrected chi connectivity index (χ1v) is 8.31. The van der Waals surface area contributed by atoms with Crippen LogP contribution in [-0.2, 0) is 14.8 Å². The monoisotopic (exact) mass is 311 g/mol. The zero-order valence-corrected chi connectivity index (χ0v) is 12.4. The van der Waals surface area contributed by atoms with Crippen LogP contribution >= 0.6 is 11.3 Å². The maximum absolute atomic E-state index is 12.4. The SMILES string of the molecule is CC1CN(S(=O)(=O)c2ccc(C#N)s2)CCC1N=C=O. The number of nitrogens with zero attached hydrogens (tertiary/aromatic N) is 3. The van der Waals surface area contributed by atoms with Crippen LogP contribution in [0.15, 0.2) is 21.3 Å². The third kappa shape index (κ3) is 2.81. The maximum atomic E-state index is 12.4. The molecule has 8 heteroatoms. The molecule has 0 saturated carbocycles. The second-order valence-corrected chi connectivity index (χ2v) is 7.90. The zero-order valence-electron chi connectivity index (χ0n) is 10.8. The highest BCUT2D eigenvalue weighted by Gasteiger charge is 2.34. The van der Waals surface area contributed by atoms with Gasteiger partial charge in [-0.05, 0) is 24.5 Å². The summed E-state index contributed by atoms with van der Waals surface area (Å²) in [5, 5.41) is 8.77. The van der Waals surface area contributed by atoms with Crippen LogP contribution in [0, 0.1) is 17.2 Å². The normalized spacial score (nSPS) is 23.8. The molecule has 1 aromatic rings. The van der Waals surface area contributed by atoms with E-state index in [0.29, 0.717) is 24.4 Å². The Bertz CT molecular complexity index is 683. The summed E-state index contributed by atoms with van der Waals surface area (Å²) < 4.78 is 26.5. The topological polar surface area (TPSA) is 90.6 Å². The number of piperidine rings is 1. The van der Waals surface area contributed by atoms with Gasteiger partial charge in [0.1, 0.15) is 15.2 Å². The molecule has 0 amide bonds. The Labute approximate surface area is 121 Å². The molecule has 2 atom stereocenters. The van der Waals surface area contributed by atoms with Gasteiger partial charge in [-0.3, -0.25) is 0 Å². The van der Waals surface area contributed by atoms with Gasteiger partial charge in [0.25, 0.3) is 10.0 Å². The lowest BCUT2D eigenvalue weighted by molar-refractivity contribution is 0.251.